The van der Waals surface area contributed by atoms with Gasteiger partial charge in [0.25, 0.3) is 6.71 Å². The normalized spacial score (nSPS) is 12.9. The summed E-state index contributed by atoms with van der Waals surface area (Å²) in [5, 5.41) is 7.80. The van der Waals surface area contributed by atoms with Crippen LogP contribution in [0.2, 0.25) is 5.02 Å². The second-order valence-corrected chi connectivity index (χ2v) is 23.3. The molecule has 0 bridgehead atoms. The van der Waals surface area contributed by atoms with Crippen LogP contribution in [0.3, 0.4) is 0 Å². The molecule has 2 aliphatic rings. The standard InChI is InChI=1S/C68H53BBrClN2/c1-67(2,3)46-34-44(35-47(38-46)68(4,5)6)45-36-57-55-27-16-14-25-53(55)52-24-13-15-26-54(52)56-28-17-18-31-60(56)72-62-40-49(71)41-63-64(62)69(59(37-45)66(57)72)58-33-32-48(70)39-61(58)73(63)65-50(42-20-9-7-10-21-42)29-19-30-51(65)43-22-11-8-12-23-43/h7-41H,1-6H3. The van der Waals surface area contributed by atoms with Gasteiger partial charge in [-0.2, -0.15) is 0 Å². The van der Waals surface area contributed by atoms with Crippen LogP contribution >= 0.6 is 27.5 Å². The Balaban J connectivity index is 1.27. The number of hydrogen-bond acceptors (Lipinski definition) is 1. The molecule has 11 aromatic rings. The van der Waals surface area contributed by atoms with Crippen LogP contribution in [-0.4, -0.2) is 11.3 Å². The molecule has 5 heteroatoms. The summed E-state index contributed by atoms with van der Waals surface area (Å²) in [4.78, 5) is 2.52. The lowest BCUT2D eigenvalue weighted by Crippen LogP contribution is -2.60. The van der Waals surface area contributed by atoms with E-state index in [1.807, 2.05) is 0 Å². The highest BCUT2D eigenvalue weighted by Gasteiger charge is 2.43. The van der Waals surface area contributed by atoms with E-state index in [9.17, 15) is 0 Å². The van der Waals surface area contributed by atoms with Crippen LogP contribution in [0.4, 0.5) is 17.1 Å². The summed E-state index contributed by atoms with van der Waals surface area (Å²) in [6.07, 6.45) is 0. The average Bonchev–Trinajstić information content (AvgIpc) is 3.45. The molecule has 73 heavy (non-hydrogen) atoms. The maximum absolute atomic E-state index is 7.70. The lowest BCUT2D eigenvalue weighted by Gasteiger charge is -2.42. The second-order valence-electron chi connectivity index (χ2n) is 22.0. The zero-order valence-electron chi connectivity index (χ0n) is 41.9. The van der Waals surface area contributed by atoms with Crippen molar-refractivity contribution in [2.24, 2.45) is 0 Å². The Morgan fingerprint density at radius 3 is 1.51 bits per heavy atom. The number of nitrogens with zero attached hydrogens (tertiary/aromatic N) is 2. The third-order valence-electron chi connectivity index (χ3n) is 15.4. The van der Waals surface area contributed by atoms with Crippen molar-refractivity contribution in [2.45, 2.75) is 52.4 Å². The van der Waals surface area contributed by atoms with E-state index in [2.05, 4.69) is 279 Å². The molecule has 1 aromatic heterocycles. The molecule has 0 spiro atoms. The van der Waals surface area contributed by atoms with Crippen molar-refractivity contribution in [1.29, 1.82) is 0 Å². The molecule has 352 valence electrons. The van der Waals surface area contributed by atoms with E-state index in [-0.39, 0.29) is 17.5 Å². The van der Waals surface area contributed by atoms with Gasteiger partial charge in [0.05, 0.1) is 11.2 Å². The Morgan fingerprint density at radius 1 is 0.411 bits per heavy atom. The van der Waals surface area contributed by atoms with Crippen molar-refractivity contribution in [1.82, 2.24) is 4.57 Å². The van der Waals surface area contributed by atoms with E-state index in [0.29, 0.717) is 5.02 Å². The minimum absolute atomic E-state index is 0.0659. The van der Waals surface area contributed by atoms with E-state index in [4.69, 9.17) is 11.6 Å². The molecule has 10 aromatic carbocycles. The number of halogens is 2. The van der Waals surface area contributed by atoms with Gasteiger partial charge < -0.3 is 9.47 Å². The maximum atomic E-state index is 7.70. The maximum Gasteiger partial charge on any atom is 0.252 e. The van der Waals surface area contributed by atoms with Crippen LogP contribution in [0.1, 0.15) is 52.7 Å². The van der Waals surface area contributed by atoms with Crippen LogP contribution in [0.15, 0.2) is 217 Å². The fourth-order valence-corrected chi connectivity index (χ4v) is 12.4. The number of benzene rings is 10. The highest BCUT2D eigenvalue weighted by atomic mass is 79.9. The van der Waals surface area contributed by atoms with E-state index in [0.717, 1.165) is 60.4 Å². The Hall–Kier alpha value is -7.37. The van der Waals surface area contributed by atoms with Crippen LogP contribution in [0, 0.1) is 0 Å². The molecule has 0 N–H and O–H groups in total. The molecule has 0 saturated carbocycles. The van der Waals surface area contributed by atoms with Gasteiger partial charge in [0.1, 0.15) is 0 Å². The quantitative estimate of drug-likeness (QED) is 0.160. The Labute approximate surface area is 442 Å². The van der Waals surface area contributed by atoms with Gasteiger partial charge in [0.2, 0.25) is 0 Å². The number of fused-ring (bicyclic) bond motifs is 11. The van der Waals surface area contributed by atoms with Crippen molar-refractivity contribution in [2.75, 3.05) is 4.90 Å². The third-order valence-corrected chi connectivity index (χ3v) is 16.1. The van der Waals surface area contributed by atoms with Crippen LogP contribution in [0.5, 0.6) is 0 Å². The molecule has 0 saturated heterocycles. The summed E-state index contributed by atoms with van der Waals surface area (Å²) in [7, 11) is 0. The van der Waals surface area contributed by atoms with Crippen LogP contribution in [-0.2, 0) is 10.8 Å². The van der Waals surface area contributed by atoms with Gasteiger partial charge in [-0.3, -0.25) is 0 Å². The summed E-state index contributed by atoms with van der Waals surface area (Å²) in [5.41, 5.74) is 19.8. The molecule has 0 amide bonds. The first-order valence-corrected chi connectivity index (χ1v) is 26.6. The van der Waals surface area contributed by atoms with Crippen LogP contribution < -0.4 is 21.3 Å². The SMILES string of the molecule is CC(C)(C)c1cc(-c2cc3c4c(c2)c2ccccc2c2ccccc2c2ccccc2n4-c2cc(Cl)cc4c2B3c2ccc(Br)cc2N4c2c(-c3ccccc3)cccc2-c2ccccc2)cc(C(C)(C)C)c1. The Morgan fingerprint density at radius 2 is 0.918 bits per heavy atom. The smallest absolute Gasteiger partial charge is 0.252 e. The minimum atomic E-state index is -0.175. The number of para-hydroxylation sites is 2. The van der Waals surface area contributed by atoms with Gasteiger partial charge in [0, 0.05) is 54.0 Å². The van der Waals surface area contributed by atoms with E-state index in [1.54, 1.807) is 0 Å². The van der Waals surface area contributed by atoms with E-state index < -0.39 is 0 Å². The number of anilines is 3. The molecular weight excluding hydrogens is 971 g/mol. The lowest BCUT2D eigenvalue weighted by molar-refractivity contribution is 0.569. The highest BCUT2D eigenvalue weighted by molar-refractivity contribution is 9.10. The van der Waals surface area contributed by atoms with Gasteiger partial charge in [-0.05, 0) is 119 Å². The topological polar surface area (TPSA) is 8.17 Å². The van der Waals surface area contributed by atoms with Gasteiger partial charge in [-0.1, -0.05) is 245 Å². The fourth-order valence-electron chi connectivity index (χ4n) is 11.9. The first-order valence-electron chi connectivity index (χ1n) is 25.4. The third kappa shape index (κ3) is 7.44. The van der Waals surface area contributed by atoms with Crippen LogP contribution in [0.25, 0.3) is 82.4 Å². The molecule has 0 radical (unpaired) electrons. The molecule has 3 heterocycles. The second kappa shape index (κ2) is 17.1. The molecule has 0 atom stereocenters. The zero-order valence-corrected chi connectivity index (χ0v) is 44.3. The summed E-state index contributed by atoms with van der Waals surface area (Å²) in [6.45, 7) is 13.8. The van der Waals surface area contributed by atoms with Gasteiger partial charge in [-0.25, -0.2) is 0 Å². The number of rotatable bonds is 4. The van der Waals surface area contributed by atoms with Crippen molar-refractivity contribution in [3.8, 4) is 39.1 Å². The molecule has 0 unspecified atom stereocenters. The molecular formula is C68H53BBrClN2. The van der Waals surface area contributed by atoms with E-state index in [1.165, 1.54) is 71.1 Å². The monoisotopic (exact) mass is 1020 g/mol. The molecule has 2 aliphatic heterocycles. The highest BCUT2D eigenvalue weighted by Crippen LogP contribution is 2.50. The van der Waals surface area contributed by atoms with Gasteiger partial charge in [0.15, 0.2) is 0 Å². The number of hydrogen-bond donors (Lipinski definition) is 0. The first-order chi connectivity index (χ1) is 35.3. The van der Waals surface area contributed by atoms with E-state index >= 15 is 0 Å². The summed E-state index contributed by atoms with van der Waals surface area (Å²) in [6, 6.07) is 79.1. The van der Waals surface area contributed by atoms with Gasteiger partial charge >= 0.3 is 0 Å². The Kier molecular flexibility index (Phi) is 10.7. The average molecular weight is 1020 g/mol. The predicted molar refractivity (Wildman–Crippen MR) is 319 cm³/mol. The zero-order chi connectivity index (χ0) is 49.9. The van der Waals surface area contributed by atoms with Crippen molar-refractivity contribution in [3.63, 3.8) is 0 Å². The predicted octanol–water partition coefficient (Wildman–Crippen LogP) is 17.8. The first kappa shape index (κ1) is 45.5. The number of aromatic nitrogens is 1. The summed E-state index contributed by atoms with van der Waals surface area (Å²) in [5.74, 6) is 0. The molecule has 13 rings (SSSR count). The van der Waals surface area contributed by atoms with Crippen molar-refractivity contribution >= 4 is 111 Å². The van der Waals surface area contributed by atoms with Gasteiger partial charge in [-0.15, -0.1) is 0 Å². The largest absolute Gasteiger partial charge is 0.310 e. The molecule has 0 fully saturated rings. The fraction of sp³-hybridized carbons (Fsp3) is 0.118. The lowest BCUT2D eigenvalue weighted by atomic mass is 9.33. The summed E-state index contributed by atoms with van der Waals surface area (Å²) < 4.78 is 3.58. The molecule has 0 aliphatic carbocycles. The van der Waals surface area contributed by atoms with Crippen molar-refractivity contribution in [3.05, 3.63) is 233 Å². The minimum Gasteiger partial charge on any atom is -0.310 e. The summed E-state index contributed by atoms with van der Waals surface area (Å²) >= 11 is 11.7. The Bertz CT molecular complexity index is 4050. The molecule has 2 nitrogen and oxygen atoms in total. The van der Waals surface area contributed by atoms with Crippen molar-refractivity contribution < 1.29 is 0 Å².